The number of para-hydroxylation sites is 1. The van der Waals surface area contributed by atoms with Gasteiger partial charge in [-0.1, -0.05) is 36.4 Å². The van der Waals surface area contributed by atoms with Crippen LogP contribution in [0.2, 0.25) is 0 Å². The summed E-state index contributed by atoms with van der Waals surface area (Å²) in [5.41, 5.74) is 5.54. The molecule has 194 valence electrons. The van der Waals surface area contributed by atoms with Crippen molar-refractivity contribution < 1.29 is 19.8 Å². The van der Waals surface area contributed by atoms with Crippen LogP contribution < -0.4 is 0 Å². The molecule has 37 heavy (non-hydrogen) atoms. The van der Waals surface area contributed by atoms with Gasteiger partial charge in [0.25, 0.3) is 0 Å². The first kappa shape index (κ1) is 26.7. The third-order valence-corrected chi connectivity index (χ3v) is 7.52. The van der Waals surface area contributed by atoms with Gasteiger partial charge in [0.2, 0.25) is 0 Å². The van der Waals surface area contributed by atoms with E-state index in [1.807, 2.05) is 0 Å². The van der Waals surface area contributed by atoms with E-state index in [0.29, 0.717) is 0 Å². The highest BCUT2D eigenvalue weighted by Gasteiger charge is 2.18. The highest BCUT2D eigenvalue weighted by molar-refractivity contribution is 7.98. The molecule has 2 heterocycles. The minimum absolute atomic E-state index is 1.01. The van der Waals surface area contributed by atoms with Crippen molar-refractivity contribution in [1.82, 2.24) is 14.4 Å². The molecule has 0 spiro atoms. The Morgan fingerprint density at radius 3 is 1.86 bits per heavy atom. The second-order valence-corrected chi connectivity index (χ2v) is 10.0. The maximum Gasteiger partial charge on any atom is 0.414 e. The molecule has 2 N–H and O–H groups in total. The van der Waals surface area contributed by atoms with Crippen LogP contribution in [-0.2, 0) is 29.2 Å². The Balaban J connectivity index is 0.000000480. The van der Waals surface area contributed by atoms with Gasteiger partial charge in [-0.05, 0) is 54.6 Å². The van der Waals surface area contributed by atoms with Crippen LogP contribution in [-0.4, -0.2) is 69.0 Å². The molecule has 0 atom stereocenters. The molecule has 0 radical (unpaired) electrons. The zero-order chi connectivity index (χ0) is 26.4. The summed E-state index contributed by atoms with van der Waals surface area (Å²) in [5, 5.41) is 17.5. The summed E-state index contributed by atoms with van der Waals surface area (Å²) < 4.78 is 2.43. The molecular weight excluding hydrogens is 486 g/mol. The molecule has 8 heteroatoms. The van der Waals surface area contributed by atoms with E-state index in [-0.39, 0.29) is 0 Å². The second kappa shape index (κ2) is 12.3. The lowest BCUT2D eigenvalue weighted by Crippen LogP contribution is -2.45. The number of hydrogen-bond donors (Lipinski definition) is 2. The number of carboxylic acid groups (broad SMARTS) is 2. The van der Waals surface area contributed by atoms with Crippen molar-refractivity contribution in [2.75, 3.05) is 32.4 Å². The van der Waals surface area contributed by atoms with Crippen LogP contribution >= 0.6 is 11.8 Å². The van der Waals surface area contributed by atoms with Crippen molar-refractivity contribution in [3.63, 3.8) is 0 Å². The molecule has 7 nitrogen and oxygen atoms in total. The van der Waals surface area contributed by atoms with Crippen LogP contribution in [0, 0.1) is 0 Å². The highest BCUT2D eigenvalue weighted by Crippen LogP contribution is 2.30. The number of rotatable bonds is 6. The number of hydrogen-bond acceptors (Lipinski definition) is 5. The fourth-order valence-corrected chi connectivity index (χ4v) is 5.30. The lowest BCUT2D eigenvalue weighted by Gasteiger charge is -2.34. The lowest BCUT2D eigenvalue weighted by molar-refractivity contribution is -0.159. The number of piperazine rings is 1. The van der Waals surface area contributed by atoms with Gasteiger partial charge >= 0.3 is 11.9 Å². The molecule has 1 aliphatic heterocycles. The van der Waals surface area contributed by atoms with Crippen molar-refractivity contribution >= 4 is 45.5 Å². The molecule has 1 aliphatic rings. The normalized spacial score (nSPS) is 14.4. The molecule has 0 amide bonds. The van der Waals surface area contributed by atoms with Crippen molar-refractivity contribution in [3.8, 4) is 0 Å². The third-order valence-electron chi connectivity index (χ3n) is 6.77. The lowest BCUT2D eigenvalue weighted by atomic mass is 10.1. The smallest absolute Gasteiger partial charge is 0.414 e. The van der Waals surface area contributed by atoms with E-state index in [2.05, 4.69) is 94.3 Å². The maximum atomic E-state index is 9.10. The molecule has 3 aromatic carbocycles. The van der Waals surface area contributed by atoms with E-state index in [0.717, 1.165) is 45.8 Å². The highest BCUT2D eigenvalue weighted by atomic mass is 32.2. The summed E-state index contributed by atoms with van der Waals surface area (Å²) >= 11 is 1.81. The number of carboxylic acids is 2. The summed E-state index contributed by atoms with van der Waals surface area (Å²) in [4.78, 5) is 24.7. The minimum atomic E-state index is -1.82. The van der Waals surface area contributed by atoms with E-state index in [9.17, 15) is 0 Å². The number of fused-ring (bicyclic) bond motifs is 3. The standard InChI is InChI=1S/C27H31N3S.C2H2O4/c1-3-30-26-7-5-4-6-24(26)25-18-22(10-13-27(25)30)20-29-16-14-28(15-17-29)19-21-8-11-23(31-2)12-9-21;3-1(4)2(5)6/h4-13,18H,3,14-17,19-20H2,1-2H3;(H,3,4)(H,5,6). The first-order valence-corrected chi connectivity index (χ1v) is 13.7. The minimum Gasteiger partial charge on any atom is -0.473 e. The first-order valence-electron chi connectivity index (χ1n) is 12.4. The van der Waals surface area contributed by atoms with Gasteiger partial charge in [-0.2, -0.15) is 0 Å². The van der Waals surface area contributed by atoms with Gasteiger partial charge in [0.1, 0.15) is 0 Å². The molecule has 4 aromatic rings. The van der Waals surface area contributed by atoms with E-state index >= 15 is 0 Å². The average Bonchev–Trinajstić information content (AvgIpc) is 3.23. The van der Waals surface area contributed by atoms with Gasteiger partial charge < -0.3 is 14.8 Å². The number of aryl methyl sites for hydroxylation is 1. The van der Waals surface area contributed by atoms with Gasteiger partial charge in [-0.15, -0.1) is 11.8 Å². The van der Waals surface area contributed by atoms with Gasteiger partial charge in [0.05, 0.1) is 0 Å². The fraction of sp³-hybridized carbons (Fsp3) is 0.310. The monoisotopic (exact) mass is 519 g/mol. The van der Waals surface area contributed by atoms with Crippen LogP contribution in [0.5, 0.6) is 0 Å². The third kappa shape index (κ3) is 6.52. The SMILES string of the molecule is CCn1c2ccccc2c2cc(CN3CCN(Cc4ccc(SC)cc4)CC3)ccc21.O=C(O)C(=O)O. The summed E-state index contributed by atoms with van der Waals surface area (Å²) in [7, 11) is 0. The fourth-order valence-electron chi connectivity index (χ4n) is 4.89. The number of thioether (sulfide) groups is 1. The number of aromatic nitrogens is 1. The number of nitrogens with zero attached hydrogens (tertiary/aromatic N) is 3. The molecule has 1 fully saturated rings. The first-order chi connectivity index (χ1) is 17.9. The topological polar surface area (TPSA) is 86.0 Å². The summed E-state index contributed by atoms with van der Waals surface area (Å²) in [6.45, 7) is 9.89. The molecule has 0 unspecified atom stereocenters. The van der Waals surface area contributed by atoms with E-state index in [1.165, 1.54) is 37.8 Å². The predicted molar refractivity (Wildman–Crippen MR) is 149 cm³/mol. The van der Waals surface area contributed by atoms with Crippen molar-refractivity contribution in [3.05, 3.63) is 77.9 Å². The Kier molecular flexibility index (Phi) is 8.87. The zero-order valence-corrected chi connectivity index (χ0v) is 22.1. The van der Waals surface area contributed by atoms with Crippen LogP contribution in [0.3, 0.4) is 0 Å². The number of benzene rings is 3. The van der Waals surface area contributed by atoms with Gasteiger partial charge in [-0.3, -0.25) is 9.80 Å². The van der Waals surface area contributed by atoms with Crippen LogP contribution in [0.15, 0.2) is 71.6 Å². The summed E-state index contributed by atoms with van der Waals surface area (Å²) in [5.74, 6) is -3.65. The second-order valence-electron chi connectivity index (χ2n) is 9.12. The Morgan fingerprint density at radius 1 is 0.757 bits per heavy atom. The predicted octanol–water partition coefficient (Wildman–Crippen LogP) is 5.01. The zero-order valence-electron chi connectivity index (χ0n) is 21.3. The number of carbonyl (C=O) groups is 2. The molecule has 0 bridgehead atoms. The quantitative estimate of drug-likeness (QED) is 0.274. The Morgan fingerprint density at radius 2 is 1.30 bits per heavy atom. The molecule has 0 saturated carbocycles. The Hall–Kier alpha value is -3.33. The summed E-state index contributed by atoms with van der Waals surface area (Å²) in [6, 6.07) is 24.9. The largest absolute Gasteiger partial charge is 0.473 e. The Labute approximate surface area is 221 Å². The molecule has 0 aliphatic carbocycles. The van der Waals surface area contributed by atoms with E-state index < -0.39 is 11.9 Å². The summed E-state index contributed by atoms with van der Waals surface area (Å²) in [6.07, 6.45) is 2.13. The van der Waals surface area contributed by atoms with Crippen LogP contribution in [0.25, 0.3) is 21.8 Å². The van der Waals surface area contributed by atoms with E-state index in [4.69, 9.17) is 19.8 Å². The Bertz CT molecular complexity index is 1360. The van der Waals surface area contributed by atoms with Crippen molar-refractivity contribution in [2.24, 2.45) is 0 Å². The molecule has 1 saturated heterocycles. The van der Waals surface area contributed by atoms with Gasteiger partial charge in [0.15, 0.2) is 0 Å². The van der Waals surface area contributed by atoms with Crippen molar-refractivity contribution in [2.45, 2.75) is 31.5 Å². The van der Waals surface area contributed by atoms with E-state index in [1.54, 1.807) is 11.8 Å². The van der Waals surface area contributed by atoms with Gasteiger partial charge in [-0.25, -0.2) is 9.59 Å². The van der Waals surface area contributed by atoms with Crippen molar-refractivity contribution in [1.29, 1.82) is 0 Å². The van der Waals surface area contributed by atoms with Crippen LogP contribution in [0.1, 0.15) is 18.1 Å². The average molecular weight is 520 g/mol. The molecular formula is C29H33N3O4S. The van der Waals surface area contributed by atoms with Crippen LogP contribution in [0.4, 0.5) is 0 Å². The van der Waals surface area contributed by atoms with Gasteiger partial charge in [0, 0.05) is 72.5 Å². The molecule has 1 aromatic heterocycles. The molecule has 5 rings (SSSR count). The maximum absolute atomic E-state index is 9.10. The number of aliphatic carboxylic acids is 2.